The molecule has 2 nitrogen and oxygen atoms in total. The Morgan fingerprint density at radius 3 is 2.82 bits per heavy atom. The second kappa shape index (κ2) is 5.55. The maximum atomic E-state index is 8.86. The van der Waals surface area contributed by atoms with Gasteiger partial charge >= 0.3 is 0 Å². The van der Waals surface area contributed by atoms with E-state index in [4.69, 9.17) is 5.26 Å². The van der Waals surface area contributed by atoms with Gasteiger partial charge < -0.3 is 5.32 Å². The Morgan fingerprint density at radius 2 is 2.29 bits per heavy atom. The first-order chi connectivity index (χ1) is 8.22. The van der Waals surface area contributed by atoms with Crippen LogP contribution in [0.1, 0.15) is 38.2 Å². The average Bonchev–Trinajstić information content (AvgIpc) is 3.12. The Kier molecular flexibility index (Phi) is 4.06. The normalized spacial score (nSPS) is 16.3. The molecule has 0 aliphatic heterocycles. The molecule has 1 aliphatic rings. The molecule has 2 rings (SSSR count). The molecule has 0 saturated heterocycles. The van der Waals surface area contributed by atoms with Crippen molar-refractivity contribution < 1.29 is 0 Å². The Labute approximate surface area is 111 Å². The molecule has 90 valence electrons. The summed E-state index contributed by atoms with van der Waals surface area (Å²) in [6, 6.07) is 8.55. The fourth-order valence-corrected chi connectivity index (χ4v) is 2.48. The summed E-state index contributed by atoms with van der Waals surface area (Å²) in [5.41, 5.74) is 1.79. The van der Waals surface area contributed by atoms with Crippen LogP contribution in [-0.2, 0) is 0 Å². The number of nitrogens with zero attached hydrogens (tertiary/aromatic N) is 1. The van der Waals surface area contributed by atoms with Crippen LogP contribution in [0.3, 0.4) is 0 Å². The predicted molar refractivity (Wildman–Crippen MR) is 73.9 cm³/mol. The zero-order valence-corrected chi connectivity index (χ0v) is 11.6. The summed E-state index contributed by atoms with van der Waals surface area (Å²) in [5, 5.41) is 12.4. The second-order valence-electron chi connectivity index (χ2n) is 4.74. The van der Waals surface area contributed by atoms with Gasteiger partial charge in [-0.3, -0.25) is 0 Å². The van der Waals surface area contributed by atoms with Crippen LogP contribution in [0.5, 0.6) is 0 Å². The van der Waals surface area contributed by atoms with Crippen molar-refractivity contribution in [3.8, 4) is 6.07 Å². The standard InChI is InChI=1S/C14H17BrN2/c1-2-12(7-10-3-4-10)17-13-6-5-11(9-16)14(15)8-13/h5-6,8,10,12,17H,2-4,7H2,1H3. The van der Waals surface area contributed by atoms with Gasteiger partial charge in [-0.15, -0.1) is 0 Å². The molecule has 3 heteroatoms. The van der Waals surface area contributed by atoms with Crippen LogP contribution in [0.4, 0.5) is 5.69 Å². The lowest BCUT2D eigenvalue weighted by molar-refractivity contribution is 0.587. The summed E-state index contributed by atoms with van der Waals surface area (Å²) in [6.07, 6.45) is 5.22. The minimum atomic E-state index is 0.558. The van der Waals surface area contributed by atoms with Gasteiger partial charge in [0.15, 0.2) is 0 Å². The van der Waals surface area contributed by atoms with Crippen molar-refractivity contribution in [3.05, 3.63) is 28.2 Å². The lowest BCUT2D eigenvalue weighted by Crippen LogP contribution is -2.19. The Balaban J connectivity index is 2.01. The quantitative estimate of drug-likeness (QED) is 0.878. The highest BCUT2D eigenvalue weighted by molar-refractivity contribution is 9.10. The predicted octanol–water partition coefficient (Wildman–Crippen LogP) is 4.31. The summed E-state index contributed by atoms with van der Waals surface area (Å²) in [5.74, 6) is 0.939. The molecule has 1 aromatic rings. The number of benzene rings is 1. The Morgan fingerprint density at radius 1 is 1.53 bits per heavy atom. The summed E-state index contributed by atoms with van der Waals surface area (Å²) >= 11 is 3.42. The molecule has 0 amide bonds. The number of hydrogen-bond acceptors (Lipinski definition) is 2. The van der Waals surface area contributed by atoms with E-state index in [9.17, 15) is 0 Å². The average molecular weight is 293 g/mol. The van der Waals surface area contributed by atoms with Crippen LogP contribution >= 0.6 is 15.9 Å². The first kappa shape index (κ1) is 12.4. The molecule has 1 unspecified atom stereocenters. The van der Waals surface area contributed by atoms with Gasteiger partial charge in [0.25, 0.3) is 0 Å². The largest absolute Gasteiger partial charge is 0.382 e. The minimum Gasteiger partial charge on any atom is -0.382 e. The van der Waals surface area contributed by atoms with E-state index in [0.29, 0.717) is 11.6 Å². The van der Waals surface area contributed by atoms with Gasteiger partial charge in [-0.25, -0.2) is 0 Å². The number of nitriles is 1. The third kappa shape index (κ3) is 3.47. The van der Waals surface area contributed by atoms with E-state index in [1.54, 1.807) is 0 Å². The van der Waals surface area contributed by atoms with Gasteiger partial charge in [-0.1, -0.05) is 19.8 Å². The zero-order valence-electron chi connectivity index (χ0n) is 10.0. The number of anilines is 1. The highest BCUT2D eigenvalue weighted by atomic mass is 79.9. The van der Waals surface area contributed by atoms with Crippen LogP contribution in [0.25, 0.3) is 0 Å². The minimum absolute atomic E-state index is 0.558. The van der Waals surface area contributed by atoms with E-state index >= 15 is 0 Å². The lowest BCUT2D eigenvalue weighted by Gasteiger charge is -2.18. The highest BCUT2D eigenvalue weighted by Crippen LogP contribution is 2.35. The van der Waals surface area contributed by atoms with E-state index in [1.165, 1.54) is 19.3 Å². The first-order valence-electron chi connectivity index (χ1n) is 6.19. The number of hydrogen-bond donors (Lipinski definition) is 1. The van der Waals surface area contributed by atoms with Crippen LogP contribution in [0.2, 0.25) is 0 Å². The van der Waals surface area contributed by atoms with E-state index in [1.807, 2.05) is 18.2 Å². The third-order valence-corrected chi connectivity index (χ3v) is 3.92. The van der Waals surface area contributed by atoms with Crippen molar-refractivity contribution in [2.75, 3.05) is 5.32 Å². The molecule has 17 heavy (non-hydrogen) atoms. The van der Waals surface area contributed by atoms with E-state index < -0.39 is 0 Å². The summed E-state index contributed by atoms with van der Waals surface area (Å²) in [7, 11) is 0. The Hall–Kier alpha value is -1.01. The van der Waals surface area contributed by atoms with Crippen molar-refractivity contribution in [2.24, 2.45) is 5.92 Å². The van der Waals surface area contributed by atoms with E-state index in [2.05, 4.69) is 34.2 Å². The van der Waals surface area contributed by atoms with Crippen molar-refractivity contribution in [1.29, 1.82) is 5.26 Å². The van der Waals surface area contributed by atoms with Crippen LogP contribution in [-0.4, -0.2) is 6.04 Å². The van der Waals surface area contributed by atoms with Crippen LogP contribution in [0, 0.1) is 17.2 Å². The van der Waals surface area contributed by atoms with Crippen molar-refractivity contribution >= 4 is 21.6 Å². The molecule has 0 aromatic heterocycles. The molecule has 1 atom stereocenters. The summed E-state index contributed by atoms with van der Waals surface area (Å²) < 4.78 is 0.867. The first-order valence-corrected chi connectivity index (χ1v) is 6.98. The van der Waals surface area contributed by atoms with Gasteiger partial charge in [-0.2, -0.15) is 5.26 Å². The molecule has 0 radical (unpaired) electrons. The topological polar surface area (TPSA) is 35.8 Å². The molecular weight excluding hydrogens is 276 g/mol. The molecule has 1 aliphatic carbocycles. The molecule has 0 spiro atoms. The molecular formula is C14H17BrN2. The number of rotatable bonds is 5. The van der Waals surface area contributed by atoms with E-state index in [-0.39, 0.29) is 0 Å². The fourth-order valence-electron chi connectivity index (χ4n) is 2.01. The zero-order chi connectivity index (χ0) is 12.3. The van der Waals surface area contributed by atoms with Gasteiger partial charge in [0, 0.05) is 16.2 Å². The van der Waals surface area contributed by atoms with Crippen molar-refractivity contribution in [1.82, 2.24) is 0 Å². The molecule has 1 fully saturated rings. The molecule has 1 N–H and O–H groups in total. The number of halogens is 1. The van der Waals surface area contributed by atoms with Crippen LogP contribution in [0.15, 0.2) is 22.7 Å². The van der Waals surface area contributed by atoms with Gasteiger partial charge in [0.1, 0.15) is 6.07 Å². The summed E-state index contributed by atoms with van der Waals surface area (Å²) in [4.78, 5) is 0. The number of nitrogens with one attached hydrogen (secondary N) is 1. The van der Waals surface area contributed by atoms with Crippen LogP contribution < -0.4 is 5.32 Å². The molecule has 1 aromatic carbocycles. The molecule has 0 bridgehead atoms. The van der Waals surface area contributed by atoms with E-state index in [0.717, 1.165) is 22.5 Å². The smallest absolute Gasteiger partial charge is 0.100 e. The maximum absolute atomic E-state index is 8.86. The molecule has 0 heterocycles. The lowest BCUT2D eigenvalue weighted by atomic mass is 10.1. The SMILES string of the molecule is CCC(CC1CC1)Nc1ccc(C#N)c(Br)c1. The summed E-state index contributed by atoms with van der Waals surface area (Å²) in [6.45, 7) is 2.22. The van der Waals surface area contributed by atoms with Crippen molar-refractivity contribution in [2.45, 2.75) is 38.6 Å². The van der Waals surface area contributed by atoms with Gasteiger partial charge in [0.2, 0.25) is 0 Å². The fraction of sp³-hybridized carbons (Fsp3) is 0.500. The van der Waals surface area contributed by atoms with Gasteiger partial charge in [-0.05, 0) is 52.9 Å². The maximum Gasteiger partial charge on any atom is 0.100 e. The monoisotopic (exact) mass is 292 g/mol. The second-order valence-corrected chi connectivity index (χ2v) is 5.59. The molecule has 1 saturated carbocycles. The van der Waals surface area contributed by atoms with Crippen molar-refractivity contribution in [3.63, 3.8) is 0 Å². The Bertz CT molecular complexity index is 432. The third-order valence-electron chi connectivity index (χ3n) is 3.27. The highest BCUT2D eigenvalue weighted by Gasteiger charge is 2.24. The van der Waals surface area contributed by atoms with Gasteiger partial charge in [0.05, 0.1) is 5.56 Å².